The molecular formula is C14H16FNO2. The lowest BCUT2D eigenvalue weighted by molar-refractivity contribution is 0.238. The maximum atomic E-state index is 13.7. The summed E-state index contributed by atoms with van der Waals surface area (Å²) >= 11 is 0. The standard InChI is InChI=1S/C14H16FNO2/c1-10(15)11-5-3-6-12(18-2)13(11)14(16-9-17)7-4-8-14/h3,5-6,10H,4,7-8H2,1-2H3. The summed E-state index contributed by atoms with van der Waals surface area (Å²) in [6.45, 7) is 1.48. The number of ether oxygens (including phenoxy) is 1. The Morgan fingerprint density at radius 1 is 1.50 bits per heavy atom. The highest BCUT2D eigenvalue weighted by atomic mass is 19.1. The summed E-state index contributed by atoms with van der Waals surface area (Å²) in [5, 5.41) is 0. The molecular weight excluding hydrogens is 233 g/mol. The first-order valence-electron chi connectivity index (χ1n) is 6.05. The number of hydrogen-bond donors (Lipinski definition) is 0. The highest BCUT2D eigenvalue weighted by Crippen LogP contribution is 2.50. The molecule has 2 rings (SSSR count). The Morgan fingerprint density at radius 3 is 2.67 bits per heavy atom. The van der Waals surface area contributed by atoms with Crippen LogP contribution in [-0.4, -0.2) is 13.2 Å². The first-order valence-corrected chi connectivity index (χ1v) is 6.05. The zero-order chi connectivity index (χ0) is 13.2. The molecule has 0 bridgehead atoms. The quantitative estimate of drug-likeness (QED) is 0.605. The summed E-state index contributed by atoms with van der Waals surface area (Å²) < 4.78 is 19.1. The van der Waals surface area contributed by atoms with E-state index in [4.69, 9.17) is 4.74 Å². The number of alkyl halides is 1. The molecule has 0 spiro atoms. The van der Waals surface area contributed by atoms with Crippen molar-refractivity contribution in [2.75, 3.05) is 7.11 Å². The fraction of sp³-hybridized carbons (Fsp3) is 0.500. The van der Waals surface area contributed by atoms with Gasteiger partial charge in [-0.1, -0.05) is 12.1 Å². The summed E-state index contributed by atoms with van der Waals surface area (Å²) in [6, 6.07) is 5.26. The van der Waals surface area contributed by atoms with E-state index in [1.165, 1.54) is 6.92 Å². The Morgan fingerprint density at radius 2 is 2.22 bits per heavy atom. The van der Waals surface area contributed by atoms with Crippen LogP contribution in [0.5, 0.6) is 5.75 Å². The molecule has 3 nitrogen and oxygen atoms in total. The summed E-state index contributed by atoms with van der Waals surface area (Å²) in [6.07, 6.45) is 2.96. The third kappa shape index (κ3) is 1.93. The van der Waals surface area contributed by atoms with Gasteiger partial charge in [-0.2, -0.15) is 4.99 Å². The Labute approximate surface area is 106 Å². The third-order valence-electron chi connectivity index (χ3n) is 3.61. The van der Waals surface area contributed by atoms with Gasteiger partial charge in [0, 0.05) is 5.56 Å². The number of benzene rings is 1. The van der Waals surface area contributed by atoms with Crippen molar-refractivity contribution >= 4 is 6.08 Å². The molecule has 0 aliphatic heterocycles. The van der Waals surface area contributed by atoms with E-state index in [9.17, 15) is 9.18 Å². The van der Waals surface area contributed by atoms with Crippen molar-refractivity contribution in [3.8, 4) is 5.75 Å². The lowest BCUT2D eigenvalue weighted by Crippen LogP contribution is -2.33. The van der Waals surface area contributed by atoms with E-state index in [2.05, 4.69) is 4.99 Å². The number of isocyanates is 1. The van der Waals surface area contributed by atoms with E-state index in [0.717, 1.165) is 19.3 Å². The monoisotopic (exact) mass is 249 g/mol. The van der Waals surface area contributed by atoms with E-state index in [1.54, 1.807) is 31.4 Å². The Balaban J connectivity index is 2.63. The van der Waals surface area contributed by atoms with Gasteiger partial charge in [0.1, 0.15) is 17.5 Å². The molecule has 0 N–H and O–H groups in total. The lowest BCUT2D eigenvalue weighted by Gasteiger charge is -2.39. The Kier molecular flexibility index (Phi) is 3.48. The smallest absolute Gasteiger partial charge is 0.235 e. The van der Waals surface area contributed by atoms with Gasteiger partial charge in [0.2, 0.25) is 6.08 Å². The molecule has 1 saturated carbocycles. The number of carbonyl (C=O) groups excluding carboxylic acids is 1. The van der Waals surface area contributed by atoms with Gasteiger partial charge < -0.3 is 4.74 Å². The van der Waals surface area contributed by atoms with Gasteiger partial charge in [-0.15, -0.1) is 0 Å². The normalized spacial score (nSPS) is 18.4. The maximum Gasteiger partial charge on any atom is 0.235 e. The molecule has 1 aliphatic carbocycles. The SMILES string of the molecule is COc1cccc(C(C)F)c1C1(N=C=O)CCC1. The first-order chi connectivity index (χ1) is 8.64. The van der Waals surface area contributed by atoms with Crippen molar-refractivity contribution in [2.24, 2.45) is 4.99 Å². The van der Waals surface area contributed by atoms with Crippen molar-refractivity contribution in [2.45, 2.75) is 37.9 Å². The minimum atomic E-state index is -1.12. The average molecular weight is 249 g/mol. The van der Waals surface area contributed by atoms with E-state index in [-0.39, 0.29) is 0 Å². The van der Waals surface area contributed by atoms with Gasteiger partial charge in [0.25, 0.3) is 0 Å². The van der Waals surface area contributed by atoms with Crippen LogP contribution in [0.25, 0.3) is 0 Å². The molecule has 1 atom stereocenters. The second kappa shape index (κ2) is 4.91. The second-order valence-electron chi connectivity index (χ2n) is 4.63. The van der Waals surface area contributed by atoms with Crippen LogP contribution in [-0.2, 0) is 10.3 Å². The van der Waals surface area contributed by atoms with Crippen LogP contribution < -0.4 is 4.74 Å². The number of methoxy groups -OCH3 is 1. The summed E-state index contributed by atoms with van der Waals surface area (Å²) in [4.78, 5) is 14.6. The molecule has 1 aromatic carbocycles. The lowest BCUT2D eigenvalue weighted by atomic mass is 9.70. The van der Waals surface area contributed by atoms with Gasteiger partial charge in [-0.3, -0.25) is 0 Å². The molecule has 0 heterocycles. The van der Waals surface area contributed by atoms with Crippen LogP contribution in [0.15, 0.2) is 23.2 Å². The van der Waals surface area contributed by atoms with Gasteiger partial charge in [0.15, 0.2) is 0 Å². The molecule has 96 valence electrons. The number of rotatable bonds is 4. The van der Waals surface area contributed by atoms with Crippen LogP contribution >= 0.6 is 0 Å². The fourth-order valence-corrected chi connectivity index (χ4v) is 2.56. The highest BCUT2D eigenvalue weighted by Gasteiger charge is 2.43. The summed E-state index contributed by atoms with van der Waals surface area (Å²) in [7, 11) is 1.54. The number of aliphatic imine (C=N–C) groups is 1. The first kappa shape index (κ1) is 12.8. The highest BCUT2D eigenvalue weighted by molar-refractivity contribution is 5.50. The topological polar surface area (TPSA) is 38.7 Å². The molecule has 0 radical (unpaired) electrons. The Bertz CT molecular complexity index is 489. The zero-order valence-electron chi connectivity index (χ0n) is 10.6. The van der Waals surface area contributed by atoms with E-state index in [1.807, 2.05) is 0 Å². The van der Waals surface area contributed by atoms with Gasteiger partial charge in [-0.25, -0.2) is 9.18 Å². The predicted molar refractivity (Wildman–Crippen MR) is 66.2 cm³/mol. The van der Waals surface area contributed by atoms with E-state index < -0.39 is 11.7 Å². The van der Waals surface area contributed by atoms with Crippen LogP contribution in [0.2, 0.25) is 0 Å². The Hall–Kier alpha value is -1.67. The van der Waals surface area contributed by atoms with Crippen LogP contribution in [0.4, 0.5) is 4.39 Å². The summed E-state index contributed by atoms with van der Waals surface area (Å²) in [5.41, 5.74) is 0.620. The minimum Gasteiger partial charge on any atom is -0.496 e. The van der Waals surface area contributed by atoms with Crippen molar-refractivity contribution in [1.29, 1.82) is 0 Å². The van der Waals surface area contributed by atoms with Crippen molar-refractivity contribution in [3.05, 3.63) is 29.3 Å². The minimum absolute atomic E-state index is 0.549. The van der Waals surface area contributed by atoms with Crippen LogP contribution in [0.1, 0.15) is 43.5 Å². The molecule has 4 heteroatoms. The zero-order valence-corrected chi connectivity index (χ0v) is 10.6. The summed E-state index contributed by atoms with van der Waals surface area (Å²) in [5.74, 6) is 0.593. The van der Waals surface area contributed by atoms with Gasteiger partial charge in [0.05, 0.1) is 7.11 Å². The predicted octanol–water partition coefficient (Wildman–Crippen LogP) is 3.44. The van der Waals surface area contributed by atoms with Crippen molar-refractivity contribution in [3.63, 3.8) is 0 Å². The molecule has 0 amide bonds. The van der Waals surface area contributed by atoms with Gasteiger partial charge in [-0.05, 0) is 37.8 Å². The van der Waals surface area contributed by atoms with Crippen molar-refractivity contribution < 1.29 is 13.9 Å². The molecule has 0 aromatic heterocycles. The molecule has 1 aromatic rings. The molecule has 1 aliphatic rings. The van der Waals surface area contributed by atoms with Crippen molar-refractivity contribution in [1.82, 2.24) is 0 Å². The largest absolute Gasteiger partial charge is 0.496 e. The van der Waals surface area contributed by atoms with E-state index >= 15 is 0 Å². The molecule has 1 fully saturated rings. The number of halogens is 1. The number of hydrogen-bond acceptors (Lipinski definition) is 3. The second-order valence-corrected chi connectivity index (χ2v) is 4.63. The molecule has 0 saturated heterocycles. The third-order valence-corrected chi connectivity index (χ3v) is 3.61. The number of nitrogens with zero attached hydrogens (tertiary/aromatic N) is 1. The molecule has 1 unspecified atom stereocenters. The fourth-order valence-electron chi connectivity index (χ4n) is 2.56. The van der Waals surface area contributed by atoms with Crippen LogP contribution in [0.3, 0.4) is 0 Å². The van der Waals surface area contributed by atoms with Crippen LogP contribution in [0, 0.1) is 0 Å². The average Bonchev–Trinajstić information content (AvgIpc) is 2.33. The van der Waals surface area contributed by atoms with E-state index in [0.29, 0.717) is 16.9 Å². The van der Waals surface area contributed by atoms with Gasteiger partial charge >= 0.3 is 0 Å². The maximum absolute atomic E-state index is 13.7. The molecule has 18 heavy (non-hydrogen) atoms.